The number of ether oxygens (including phenoxy) is 3. The molecule has 12 heteroatoms. The average Bonchev–Trinajstić information content (AvgIpc) is 3.01. The number of fused-ring (bicyclic) bond motifs is 2. The van der Waals surface area contributed by atoms with E-state index in [0.717, 1.165) is 31.8 Å². The summed E-state index contributed by atoms with van der Waals surface area (Å²) < 4.78 is 16.7. The molecule has 0 aromatic heterocycles. The Morgan fingerprint density at radius 3 is 2.41 bits per heavy atom. The Kier molecular flexibility index (Phi) is 16.1. The minimum absolute atomic E-state index is 0.109. The lowest BCUT2D eigenvalue weighted by Gasteiger charge is -2.30. The van der Waals surface area contributed by atoms with E-state index in [9.17, 15) is 24.3 Å². The molecule has 0 radical (unpaired) electrons. The van der Waals surface area contributed by atoms with Crippen molar-refractivity contribution < 1.29 is 38.5 Å². The number of carbonyl (C=O) groups excluding carboxylic acids is 4. The number of Topliss-reactive ketones (excluding diaryl/α,β-unsaturated/α-hetero) is 1. The maximum Gasteiger partial charge on any atom is 0.405 e. The summed E-state index contributed by atoms with van der Waals surface area (Å²) in [5, 5.41) is 17.1. The molecule has 256 valence electrons. The molecule has 0 aromatic carbocycles. The molecule has 46 heavy (non-hydrogen) atoms. The number of nitrogens with one attached hydrogen (secondary N) is 2. The molecule has 2 aliphatic rings. The monoisotopic (exact) mass is 644 g/mol. The van der Waals surface area contributed by atoms with Gasteiger partial charge < -0.3 is 41.4 Å². The molecule has 0 aromatic rings. The highest BCUT2D eigenvalue weighted by atomic mass is 16.6. The summed E-state index contributed by atoms with van der Waals surface area (Å²) in [4.78, 5) is 52.0. The molecular formula is C34H52N4O8. The van der Waals surface area contributed by atoms with Crippen LogP contribution in [0.4, 0.5) is 4.79 Å². The zero-order valence-electron chi connectivity index (χ0n) is 28.0. The van der Waals surface area contributed by atoms with Gasteiger partial charge in [-0.1, -0.05) is 51.0 Å². The van der Waals surface area contributed by atoms with Gasteiger partial charge in [0.2, 0.25) is 11.6 Å². The van der Waals surface area contributed by atoms with Gasteiger partial charge in [0.1, 0.15) is 6.10 Å². The lowest BCUT2D eigenvalue weighted by atomic mass is 9.85. The number of hydrogen-bond donors (Lipinski definition) is 5. The maximum atomic E-state index is 13.8. The fraction of sp³-hybridized carbons (Fsp3) is 0.588. The summed E-state index contributed by atoms with van der Waals surface area (Å²) in [6.07, 6.45) is 7.54. The third-order valence-electron chi connectivity index (χ3n) is 8.23. The lowest BCUT2D eigenvalue weighted by Crippen LogP contribution is -2.38. The number of allylic oxidation sites excluding steroid dienone is 4. The summed E-state index contributed by atoms with van der Waals surface area (Å²) in [6.45, 7) is 8.17. The van der Waals surface area contributed by atoms with E-state index in [1.165, 1.54) is 20.3 Å². The van der Waals surface area contributed by atoms with Gasteiger partial charge in [-0.2, -0.15) is 0 Å². The number of unbranched alkanes of at least 4 members (excludes halogenated alkanes) is 3. The Hall–Kier alpha value is -3.58. The van der Waals surface area contributed by atoms with Crippen LogP contribution in [0.15, 0.2) is 58.5 Å². The van der Waals surface area contributed by atoms with E-state index in [4.69, 9.17) is 25.7 Å². The van der Waals surface area contributed by atoms with Crippen LogP contribution in [0.1, 0.15) is 66.2 Å². The van der Waals surface area contributed by atoms with E-state index >= 15 is 0 Å². The van der Waals surface area contributed by atoms with Crippen LogP contribution in [0, 0.1) is 11.8 Å². The van der Waals surface area contributed by atoms with Crippen molar-refractivity contribution in [1.82, 2.24) is 10.6 Å². The molecule has 0 saturated heterocycles. The van der Waals surface area contributed by atoms with Crippen LogP contribution in [0.5, 0.6) is 0 Å². The van der Waals surface area contributed by atoms with E-state index in [1.54, 1.807) is 32.1 Å². The number of nitrogens with two attached hydrogens (primary N) is 2. The fourth-order valence-electron chi connectivity index (χ4n) is 5.61. The van der Waals surface area contributed by atoms with Crippen molar-refractivity contribution >= 4 is 23.6 Å². The standard InChI is InChI=1S/C34H52N4O8/c1-20-16-24-29(37-15-10-8-7-9-14-35)26(39)19-25(31(24)41)38-33(42)21(2)12-11-13-27(44-5)32(46-34(36)43)23(4)18-22(3)30(40)28(17-20)45-6/h11-13,18-20,22,27-28,30,32,37,40H,7-10,14-17,35H2,1-6H3,(H2,36,43)(H,38,42)/b13-11+,21-12-,23-18+/t20-,22+,27?,28?,30-,32+/m1/s1. The van der Waals surface area contributed by atoms with Crippen LogP contribution in [0.25, 0.3) is 0 Å². The Labute approximate surface area is 272 Å². The number of ketones is 2. The van der Waals surface area contributed by atoms with Gasteiger partial charge in [-0.05, 0) is 57.6 Å². The molecular weight excluding hydrogens is 592 g/mol. The second-order valence-electron chi connectivity index (χ2n) is 12.1. The fourth-order valence-corrected chi connectivity index (χ4v) is 5.61. The number of primary amides is 1. The molecule has 7 N–H and O–H groups in total. The van der Waals surface area contributed by atoms with Crippen molar-refractivity contribution in [2.24, 2.45) is 23.3 Å². The van der Waals surface area contributed by atoms with Gasteiger partial charge in [-0.15, -0.1) is 0 Å². The first-order valence-corrected chi connectivity index (χ1v) is 15.9. The number of amides is 2. The quantitative estimate of drug-likeness (QED) is 0.134. The van der Waals surface area contributed by atoms with E-state index < -0.39 is 53.9 Å². The molecule has 1 heterocycles. The van der Waals surface area contributed by atoms with Crippen molar-refractivity contribution in [2.75, 3.05) is 27.3 Å². The van der Waals surface area contributed by atoms with E-state index in [1.807, 2.05) is 13.8 Å². The minimum Gasteiger partial charge on any atom is -0.439 e. The molecule has 0 saturated carbocycles. The van der Waals surface area contributed by atoms with Crippen LogP contribution in [-0.4, -0.2) is 80.4 Å². The summed E-state index contributed by atoms with van der Waals surface area (Å²) in [5.74, 6) is -2.04. The predicted octanol–water partition coefficient (Wildman–Crippen LogP) is 2.87. The van der Waals surface area contributed by atoms with Crippen molar-refractivity contribution in [3.63, 3.8) is 0 Å². The molecule has 2 unspecified atom stereocenters. The predicted molar refractivity (Wildman–Crippen MR) is 175 cm³/mol. The van der Waals surface area contributed by atoms with Crippen LogP contribution in [0.3, 0.4) is 0 Å². The van der Waals surface area contributed by atoms with Crippen LogP contribution >= 0.6 is 0 Å². The third-order valence-corrected chi connectivity index (χ3v) is 8.23. The van der Waals surface area contributed by atoms with E-state index in [2.05, 4.69) is 10.6 Å². The first-order valence-electron chi connectivity index (χ1n) is 15.9. The molecule has 2 rings (SSSR count). The van der Waals surface area contributed by atoms with Gasteiger partial charge in [0.25, 0.3) is 5.91 Å². The molecule has 6 atom stereocenters. The molecule has 1 aliphatic heterocycles. The van der Waals surface area contributed by atoms with Gasteiger partial charge >= 0.3 is 6.09 Å². The number of carbonyl (C=O) groups is 4. The largest absolute Gasteiger partial charge is 0.439 e. The van der Waals surface area contributed by atoms with Crippen LogP contribution in [0.2, 0.25) is 0 Å². The van der Waals surface area contributed by atoms with E-state index in [0.29, 0.717) is 25.1 Å². The topological polar surface area (TPSA) is 192 Å². The summed E-state index contributed by atoms with van der Waals surface area (Å²) >= 11 is 0. The highest BCUT2D eigenvalue weighted by Gasteiger charge is 2.33. The first-order chi connectivity index (χ1) is 21.8. The molecule has 0 spiro atoms. The molecule has 12 nitrogen and oxygen atoms in total. The zero-order valence-corrected chi connectivity index (χ0v) is 28.0. The number of rotatable bonds is 10. The first kappa shape index (κ1) is 38.6. The SMILES string of the molecule is COC1/C=C/C=C(/C)C(=O)NC2=CC(=O)C(NCCCCCCN)=C(C[C@@H](C)CC(OC)[C@H](O)[C@@H](C)/C=C(\C)[C@@H]1OC(N)=O)C2=O. The Bertz CT molecular complexity index is 1250. The summed E-state index contributed by atoms with van der Waals surface area (Å²) in [5.41, 5.74) is 12.2. The normalized spacial score (nSPS) is 30.0. The third kappa shape index (κ3) is 11.3. The second-order valence-corrected chi connectivity index (χ2v) is 12.1. The number of aliphatic hydroxyl groups is 1. The van der Waals surface area contributed by atoms with Gasteiger partial charge in [0, 0.05) is 43.9 Å². The van der Waals surface area contributed by atoms with Crippen molar-refractivity contribution in [2.45, 2.75) is 90.6 Å². The molecule has 2 bridgehead atoms. The van der Waals surface area contributed by atoms with Crippen LogP contribution < -0.4 is 22.1 Å². The highest BCUT2D eigenvalue weighted by molar-refractivity contribution is 6.23. The molecule has 1 aliphatic carbocycles. The zero-order chi connectivity index (χ0) is 34.4. The van der Waals surface area contributed by atoms with Crippen molar-refractivity contribution in [3.8, 4) is 0 Å². The van der Waals surface area contributed by atoms with Gasteiger partial charge in [-0.3, -0.25) is 14.4 Å². The van der Waals surface area contributed by atoms with Gasteiger partial charge in [0.05, 0.1) is 23.6 Å². The Balaban J connectivity index is 2.54. The van der Waals surface area contributed by atoms with E-state index in [-0.39, 0.29) is 34.9 Å². The molecule has 2 amide bonds. The van der Waals surface area contributed by atoms with Crippen molar-refractivity contribution in [1.29, 1.82) is 0 Å². The number of methoxy groups -OCH3 is 2. The highest BCUT2D eigenvalue weighted by Crippen LogP contribution is 2.29. The maximum absolute atomic E-state index is 13.8. The van der Waals surface area contributed by atoms with Gasteiger partial charge in [-0.25, -0.2) is 4.79 Å². The number of hydrogen-bond acceptors (Lipinski definition) is 10. The number of aliphatic hydroxyl groups excluding tert-OH is 1. The smallest absolute Gasteiger partial charge is 0.405 e. The summed E-state index contributed by atoms with van der Waals surface area (Å²) in [6, 6.07) is 0. The van der Waals surface area contributed by atoms with Gasteiger partial charge in [0.15, 0.2) is 6.10 Å². The van der Waals surface area contributed by atoms with Crippen LogP contribution in [-0.2, 0) is 28.6 Å². The second kappa shape index (κ2) is 19.2. The average molecular weight is 645 g/mol. The lowest BCUT2D eigenvalue weighted by molar-refractivity contribution is -0.120. The van der Waals surface area contributed by atoms with Crippen molar-refractivity contribution in [3.05, 3.63) is 58.5 Å². The Morgan fingerprint density at radius 1 is 1.09 bits per heavy atom. The molecule has 0 fully saturated rings. The summed E-state index contributed by atoms with van der Waals surface area (Å²) in [7, 11) is 2.94. The Morgan fingerprint density at radius 2 is 1.78 bits per heavy atom. The minimum atomic E-state index is -0.997.